The van der Waals surface area contributed by atoms with Crippen LogP contribution in [0.15, 0.2) is 34.7 Å². The maximum Gasteiger partial charge on any atom is 0.387 e. The number of ether oxygens (including phenoxy) is 1. The van der Waals surface area contributed by atoms with Gasteiger partial charge in [-0.1, -0.05) is 18.2 Å². The Labute approximate surface area is 127 Å². The lowest BCUT2D eigenvalue weighted by atomic mass is 10.1. The van der Waals surface area contributed by atoms with Gasteiger partial charge in [0.05, 0.1) is 11.6 Å². The van der Waals surface area contributed by atoms with Crippen LogP contribution < -0.4 is 10.1 Å². The monoisotopic (exact) mass is 309 g/mol. The lowest BCUT2D eigenvalue weighted by molar-refractivity contribution is -0.0506. The molecule has 0 aliphatic heterocycles. The minimum Gasteiger partial charge on any atom is -0.466 e. The fourth-order valence-corrected chi connectivity index (χ4v) is 2.25. The van der Waals surface area contributed by atoms with Gasteiger partial charge in [0.1, 0.15) is 17.3 Å². The van der Waals surface area contributed by atoms with Gasteiger partial charge in [-0.15, -0.1) is 0 Å². The first-order valence-electron chi connectivity index (χ1n) is 6.80. The van der Waals surface area contributed by atoms with E-state index in [0.29, 0.717) is 22.6 Å². The SMILES string of the molecule is Cc1cc(C(=O)NC(C)c2ccccc2OC(F)F)c(C)o1. The van der Waals surface area contributed by atoms with Crippen molar-refractivity contribution in [3.05, 3.63) is 53.0 Å². The zero-order valence-electron chi connectivity index (χ0n) is 12.5. The lowest BCUT2D eigenvalue weighted by Gasteiger charge is -2.17. The summed E-state index contributed by atoms with van der Waals surface area (Å²) in [5.41, 5.74) is 0.908. The van der Waals surface area contributed by atoms with Crippen LogP contribution in [0.5, 0.6) is 5.75 Å². The summed E-state index contributed by atoms with van der Waals surface area (Å²) in [4.78, 5) is 12.2. The minimum absolute atomic E-state index is 0.0467. The molecule has 118 valence electrons. The molecule has 0 aliphatic carbocycles. The molecule has 22 heavy (non-hydrogen) atoms. The van der Waals surface area contributed by atoms with Gasteiger partial charge < -0.3 is 14.5 Å². The Morgan fingerprint density at radius 3 is 2.55 bits per heavy atom. The summed E-state index contributed by atoms with van der Waals surface area (Å²) in [5.74, 6) is 0.871. The second-order valence-electron chi connectivity index (χ2n) is 4.94. The minimum atomic E-state index is -2.91. The van der Waals surface area contributed by atoms with Gasteiger partial charge in [0.25, 0.3) is 5.91 Å². The number of para-hydroxylation sites is 1. The first-order chi connectivity index (χ1) is 10.4. The molecule has 0 fully saturated rings. The van der Waals surface area contributed by atoms with E-state index in [1.807, 2.05) is 0 Å². The highest BCUT2D eigenvalue weighted by molar-refractivity contribution is 5.95. The molecule has 4 nitrogen and oxygen atoms in total. The van der Waals surface area contributed by atoms with Gasteiger partial charge in [-0.05, 0) is 32.9 Å². The van der Waals surface area contributed by atoms with Gasteiger partial charge in [0.2, 0.25) is 0 Å². The summed E-state index contributed by atoms with van der Waals surface area (Å²) >= 11 is 0. The van der Waals surface area contributed by atoms with Crippen LogP contribution in [0.1, 0.15) is 40.4 Å². The normalized spacial score (nSPS) is 12.3. The van der Waals surface area contributed by atoms with Crippen LogP contribution in [0.4, 0.5) is 8.78 Å². The average Bonchev–Trinajstić information content (AvgIpc) is 2.77. The molecule has 1 N–H and O–H groups in total. The van der Waals surface area contributed by atoms with Crippen LogP contribution in [0, 0.1) is 13.8 Å². The predicted molar refractivity (Wildman–Crippen MR) is 77.1 cm³/mol. The van der Waals surface area contributed by atoms with E-state index in [4.69, 9.17) is 4.42 Å². The number of hydrogen-bond acceptors (Lipinski definition) is 3. The Hall–Kier alpha value is -2.37. The van der Waals surface area contributed by atoms with Gasteiger partial charge in [-0.25, -0.2) is 0 Å². The van der Waals surface area contributed by atoms with Crippen LogP contribution in [0.2, 0.25) is 0 Å². The Bertz CT molecular complexity index is 667. The van der Waals surface area contributed by atoms with Gasteiger partial charge in [0, 0.05) is 5.56 Å². The van der Waals surface area contributed by atoms with Crippen LogP contribution in [0.3, 0.4) is 0 Å². The fraction of sp³-hybridized carbons (Fsp3) is 0.312. The highest BCUT2D eigenvalue weighted by Gasteiger charge is 2.19. The van der Waals surface area contributed by atoms with E-state index >= 15 is 0 Å². The molecule has 6 heteroatoms. The van der Waals surface area contributed by atoms with Crippen molar-refractivity contribution in [1.29, 1.82) is 0 Å². The van der Waals surface area contributed by atoms with Gasteiger partial charge in [0.15, 0.2) is 0 Å². The number of carbonyl (C=O) groups is 1. The van der Waals surface area contributed by atoms with E-state index < -0.39 is 12.7 Å². The third kappa shape index (κ3) is 3.63. The Morgan fingerprint density at radius 1 is 1.27 bits per heavy atom. The number of nitrogens with one attached hydrogen (secondary N) is 1. The van der Waals surface area contributed by atoms with Crippen LogP contribution >= 0.6 is 0 Å². The number of furan rings is 1. The Morgan fingerprint density at radius 2 is 1.95 bits per heavy atom. The molecule has 1 heterocycles. The summed E-state index contributed by atoms with van der Waals surface area (Å²) in [6, 6.07) is 7.52. The summed E-state index contributed by atoms with van der Waals surface area (Å²) in [5, 5.41) is 2.76. The number of rotatable bonds is 5. The van der Waals surface area contributed by atoms with Crippen LogP contribution in [0.25, 0.3) is 0 Å². The summed E-state index contributed by atoms with van der Waals surface area (Å²) in [6.45, 7) is 2.23. The molecule has 2 rings (SSSR count). The molecule has 0 radical (unpaired) electrons. The van der Waals surface area contributed by atoms with Crippen molar-refractivity contribution in [2.75, 3.05) is 0 Å². The Balaban J connectivity index is 2.17. The molecule has 2 aromatic rings. The fourth-order valence-electron chi connectivity index (χ4n) is 2.25. The van der Waals surface area contributed by atoms with Crippen molar-refractivity contribution < 1.29 is 22.7 Å². The number of benzene rings is 1. The zero-order chi connectivity index (χ0) is 16.3. The molecule has 0 spiro atoms. The highest BCUT2D eigenvalue weighted by atomic mass is 19.3. The Kier molecular flexibility index (Phi) is 4.80. The third-order valence-corrected chi connectivity index (χ3v) is 3.23. The molecule has 0 aliphatic rings. The first kappa shape index (κ1) is 16.0. The molecule has 1 aromatic heterocycles. The molecular weight excluding hydrogens is 292 g/mol. The maximum absolute atomic E-state index is 12.4. The molecular formula is C16H17F2NO3. The molecule has 1 atom stereocenters. The average molecular weight is 309 g/mol. The van der Waals surface area contributed by atoms with Gasteiger partial charge in [-0.2, -0.15) is 8.78 Å². The molecule has 1 unspecified atom stereocenters. The summed E-state index contributed by atoms with van der Waals surface area (Å²) < 4.78 is 34.6. The van der Waals surface area contributed by atoms with Crippen LogP contribution in [-0.2, 0) is 0 Å². The van der Waals surface area contributed by atoms with E-state index in [1.165, 1.54) is 6.07 Å². The lowest BCUT2D eigenvalue weighted by Crippen LogP contribution is -2.27. The molecule has 0 saturated carbocycles. The number of halogens is 2. The number of aryl methyl sites for hydroxylation is 2. The molecule has 0 bridgehead atoms. The van der Waals surface area contributed by atoms with Gasteiger partial charge >= 0.3 is 6.61 Å². The largest absolute Gasteiger partial charge is 0.466 e. The number of amides is 1. The molecule has 0 saturated heterocycles. The number of carbonyl (C=O) groups excluding carboxylic acids is 1. The van der Waals surface area contributed by atoms with Crippen molar-refractivity contribution in [1.82, 2.24) is 5.32 Å². The smallest absolute Gasteiger partial charge is 0.387 e. The van der Waals surface area contributed by atoms with Crippen LogP contribution in [-0.4, -0.2) is 12.5 Å². The molecule has 1 amide bonds. The van der Waals surface area contributed by atoms with Crippen molar-refractivity contribution in [3.8, 4) is 5.75 Å². The summed E-state index contributed by atoms with van der Waals surface area (Å²) in [7, 11) is 0. The van der Waals surface area contributed by atoms with Crippen molar-refractivity contribution in [3.63, 3.8) is 0 Å². The van der Waals surface area contributed by atoms with Gasteiger partial charge in [-0.3, -0.25) is 4.79 Å². The standard InChI is InChI=1S/C16H17F2NO3/c1-9-8-13(11(3)21-9)15(20)19-10(2)12-6-4-5-7-14(12)22-16(17)18/h4-8,10,16H,1-3H3,(H,19,20). The summed E-state index contributed by atoms with van der Waals surface area (Å²) in [6.07, 6.45) is 0. The van der Waals surface area contributed by atoms with E-state index in [9.17, 15) is 13.6 Å². The predicted octanol–water partition coefficient (Wildman–Crippen LogP) is 3.99. The van der Waals surface area contributed by atoms with Crippen molar-refractivity contribution in [2.24, 2.45) is 0 Å². The second kappa shape index (κ2) is 6.60. The number of hydrogen-bond donors (Lipinski definition) is 1. The highest BCUT2D eigenvalue weighted by Crippen LogP contribution is 2.26. The van der Waals surface area contributed by atoms with Crippen molar-refractivity contribution in [2.45, 2.75) is 33.4 Å². The van der Waals surface area contributed by atoms with E-state index in [-0.39, 0.29) is 11.7 Å². The van der Waals surface area contributed by atoms with E-state index in [2.05, 4.69) is 10.1 Å². The second-order valence-corrected chi connectivity index (χ2v) is 4.94. The first-order valence-corrected chi connectivity index (χ1v) is 6.80. The van der Waals surface area contributed by atoms with E-state index in [0.717, 1.165) is 0 Å². The maximum atomic E-state index is 12.4. The van der Waals surface area contributed by atoms with Crippen molar-refractivity contribution >= 4 is 5.91 Å². The zero-order valence-corrected chi connectivity index (χ0v) is 12.5. The third-order valence-electron chi connectivity index (χ3n) is 3.23. The number of alkyl halides is 2. The topological polar surface area (TPSA) is 51.5 Å². The van der Waals surface area contributed by atoms with E-state index in [1.54, 1.807) is 45.0 Å². The molecule has 1 aromatic carbocycles. The quantitative estimate of drug-likeness (QED) is 0.908.